The lowest BCUT2D eigenvalue weighted by atomic mass is 9.95. The first-order valence-corrected chi connectivity index (χ1v) is 6.03. The van der Waals surface area contributed by atoms with Crippen LogP contribution in [0.1, 0.15) is 9.75 Å². The third kappa shape index (κ3) is 4.08. The van der Waals surface area contributed by atoms with Gasteiger partial charge in [0.15, 0.2) is 5.78 Å². The summed E-state index contributed by atoms with van der Waals surface area (Å²) >= 11 is 1.46. The van der Waals surface area contributed by atoms with Gasteiger partial charge in [-0.3, -0.25) is 14.9 Å². The van der Waals surface area contributed by atoms with Crippen molar-refractivity contribution < 1.29 is 19.5 Å². The summed E-state index contributed by atoms with van der Waals surface area (Å²) in [6.07, 6.45) is 0.451. The number of rotatable bonds is 7. The van der Waals surface area contributed by atoms with Gasteiger partial charge in [0.2, 0.25) is 0 Å². The Morgan fingerprint density at radius 3 is 2.67 bits per heavy atom. The van der Waals surface area contributed by atoms with E-state index in [9.17, 15) is 14.4 Å². The Labute approximate surface area is 110 Å². The number of aliphatic carboxylic acids is 1. The van der Waals surface area contributed by atoms with Crippen LogP contribution in [0.25, 0.3) is 0 Å². The SMILES string of the molecule is [B]C(NC(C=O)C(=O)Cc1ccc(C)s1)C(=O)O. The number of Topliss-reactive ketones (excluding diaryl/α,β-unsaturated/α-hetero) is 1. The number of carboxylic acids is 1. The summed E-state index contributed by atoms with van der Waals surface area (Å²) in [4.78, 5) is 35.0. The summed E-state index contributed by atoms with van der Waals surface area (Å²) in [6.45, 7) is 1.91. The van der Waals surface area contributed by atoms with E-state index >= 15 is 0 Å². The third-order valence-electron chi connectivity index (χ3n) is 2.25. The largest absolute Gasteiger partial charge is 0.481 e. The van der Waals surface area contributed by atoms with Crippen molar-refractivity contribution in [3.05, 3.63) is 21.9 Å². The molecule has 1 aromatic heterocycles. The summed E-state index contributed by atoms with van der Waals surface area (Å²) in [5.74, 6) is -3.15. The molecule has 0 aromatic carbocycles. The molecule has 94 valence electrons. The van der Waals surface area contributed by atoms with Crippen LogP contribution in [-0.4, -0.2) is 43.0 Å². The fourth-order valence-electron chi connectivity index (χ4n) is 1.33. The Kier molecular flexibility index (Phi) is 5.24. The normalized spacial score (nSPS) is 13.8. The lowest BCUT2D eigenvalue weighted by Gasteiger charge is -2.14. The molecule has 0 aliphatic carbocycles. The number of hydrogen-bond acceptors (Lipinski definition) is 5. The van der Waals surface area contributed by atoms with Crippen molar-refractivity contribution in [3.63, 3.8) is 0 Å². The van der Waals surface area contributed by atoms with Crippen molar-refractivity contribution in [2.75, 3.05) is 0 Å². The van der Waals surface area contributed by atoms with Gasteiger partial charge in [0.25, 0.3) is 0 Å². The Bertz CT molecular complexity index is 460. The van der Waals surface area contributed by atoms with E-state index in [1.807, 2.05) is 13.0 Å². The van der Waals surface area contributed by atoms with E-state index in [0.29, 0.717) is 6.29 Å². The minimum atomic E-state index is -1.44. The highest BCUT2D eigenvalue weighted by Crippen LogP contribution is 2.16. The molecule has 0 saturated carbocycles. The second kappa shape index (κ2) is 6.46. The van der Waals surface area contributed by atoms with Crippen LogP contribution in [-0.2, 0) is 20.8 Å². The maximum atomic E-state index is 11.8. The summed E-state index contributed by atoms with van der Waals surface area (Å²) in [7, 11) is 5.21. The molecule has 0 aliphatic heterocycles. The average Bonchev–Trinajstić information content (AvgIpc) is 2.70. The minimum Gasteiger partial charge on any atom is -0.481 e. The fraction of sp³-hybridized carbons (Fsp3) is 0.364. The third-order valence-corrected chi connectivity index (χ3v) is 3.25. The Balaban J connectivity index is 2.62. The smallest absolute Gasteiger partial charge is 0.311 e. The van der Waals surface area contributed by atoms with Crippen LogP contribution in [0.4, 0.5) is 0 Å². The molecule has 1 rings (SSSR count). The molecule has 18 heavy (non-hydrogen) atoms. The van der Waals surface area contributed by atoms with Crippen LogP contribution in [0, 0.1) is 6.92 Å². The van der Waals surface area contributed by atoms with Crippen molar-refractivity contribution in [3.8, 4) is 0 Å². The predicted molar refractivity (Wildman–Crippen MR) is 67.9 cm³/mol. The maximum absolute atomic E-state index is 11.8. The minimum absolute atomic E-state index is 0.0846. The van der Waals surface area contributed by atoms with Crippen molar-refractivity contribution in [2.24, 2.45) is 0 Å². The van der Waals surface area contributed by atoms with E-state index in [2.05, 4.69) is 5.32 Å². The highest BCUT2D eigenvalue weighted by atomic mass is 32.1. The zero-order valence-corrected chi connectivity index (χ0v) is 10.6. The molecule has 2 atom stereocenters. The first kappa shape index (κ1) is 14.6. The van der Waals surface area contributed by atoms with Crippen molar-refractivity contribution in [1.82, 2.24) is 5.32 Å². The van der Waals surface area contributed by atoms with Gasteiger partial charge in [-0.05, 0) is 19.1 Å². The Hall–Kier alpha value is -1.47. The molecule has 1 aromatic rings. The van der Waals surface area contributed by atoms with E-state index < -0.39 is 23.7 Å². The number of carboxylic acid groups (broad SMARTS) is 1. The van der Waals surface area contributed by atoms with Gasteiger partial charge in [0, 0.05) is 16.2 Å². The maximum Gasteiger partial charge on any atom is 0.311 e. The zero-order valence-electron chi connectivity index (χ0n) is 9.75. The molecule has 2 radical (unpaired) electrons. The van der Waals surface area contributed by atoms with Crippen LogP contribution in [0.2, 0.25) is 0 Å². The molecule has 0 amide bonds. The molecule has 1 heterocycles. The van der Waals surface area contributed by atoms with Crippen LogP contribution in [0.15, 0.2) is 12.1 Å². The first-order chi connectivity index (χ1) is 8.43. The highest BCUT2D eigenvalue weighted by molar-refractivity contribution is 7.12. The van der Waals surface area contributed by atoms with Crippen LogP contribution in [0.3, 0.4) is 0 Å². The number of nitrogens with one attached hydrogen (secondary N) is 1. The quantitative estimate of drug-likeness (QED) is 0.409. The predicted octanol–water partition coefficient (Wildman–Crippen LogP) is -0.0956. The number of carbonyl (C=O) groups excluding carboxylic acids is 2. The second-order valence-corrected chi connectivity index (χ2v) is 5.12. The average molecular weight is 265 g/mol. The zero-order chi connectivity index (χ0) is 13.7. The topological polar surface area (TPSA) is 83.5 Å². The molecule has 0 bridgehead atoms. The Morgan fingerprint density at radius 2 is 2.22 bits per heavy atom. The number of carbonyl (C=O) groups is 3. The summed E-state index contributed by atoms with van der Waals surface area (Å²) in [5, 5.41) is 10.8. The molecule has 0 aliphatic rings. The molecule has 0 saturated heterocycles. The van der Waals surface area contributed by atoms with Crippen LogP contribution >= 0.6 is 11.3 Å². The van der Waals surface area contributed by atoms with Crippen molar-refractivity contribution in [1.29, 1.82) is 0 Å². The van der Waals surface area contributed by atoms with Crippen molar-refractivity contribution in [2.45, 2.75) is 25.3 Å². The van der Waals surface area contributed by atoms with Gasteiger partial charge in [-0.25, -0.2) is 0 Å². The monoisotopic (exact) mass is 265 g/mol. The number of aryl methyl sites for hydroxylation is 1. The van der Waals surface area contributed by atoms with Gasteiger partial charge in [0.1, 0.15) is 20.2 Å². The molecule has 2 unspecified atom stereocenters. The molecule has 5 nitrogen and oxygen atoms in total. The molecule has 0 fully saturated rings. The molecule has 2 N–H and O–H groups in total. The summed E-state index contributed by atoms with van der Waals surface area (Å²) in [6, 6.07) is 2.48. The van der Waals surface area contributed by atoms with Gasteiger partial charge in [-0.15, -0.1) is 11.3 Å². The van der Waals surface area contributed by atoms with Gasteiger partial charge in [-0.2, -0.15) is 0 Å². The van der Waals surface area contributed by atoms with Gasteiger partial charge in [-0.1, -0.05) is 0 Å². The standard InChI is InChI=1S/C11H12BNO4S/c1-6-2-3-7(18-6)4-9(15)8(5-14)13-10(12)11(16)17/h2-3,5,8,10,13H,4H2,1H3,(H,16,17). The number of hydrogen-bond donors (Lipinski definition) is 2. The summed E-state index contributed by atoms with van der Waals surface area (Å²) in [5.41, 5.74) is 0. The van der Waals surface area contributed by atoms with Crippen LogP contribution < -0.4 is 5.32 Å². The molecule has 0 spiro atoms. The lowest BCUT2D eigenvalue weighted by molar-refractivity contribution is -0.137. The van der Waals surface area contributed by atoms with E-state index in [4.69, 9.17) is 13.0 Å². The highest BCUT2D eigenvalue weighted by Gasteiger charge is 2.22. The first-order valence-electron chi connectivity index (χ1n) is 5.21. The van der Waals surface area contributed by atoms with Crippen molar-refractivity contribution >= 4 is 37.2 Å². The summed E-state index contributed by atoms with van der Waals surface area (Å²) < 4.78 is 0. The Morgan fingerprint density at radius 1 is 1.56 bits per heavy atom. The molecular weight excluding hydrogens is 253 g/mol. The lowest BCUT2D eigenvalue weighted by Crippen LogP contribution is -2.48. The van der Waals surface area contributed by atoms with Gasteiger partial charge >= 0.3 is 5.97 Å². The number of ketones is 1. The van der Waals surface area contributed by atoms with E-state index in [-0.39, 0.29) is 6.42 Å². The van der Waals surface area contributed by atoms with Gasteiger partial charge in [0.05, 0.1) is 5.94 Å². The molecule has 7 heteroatoms. The van der Waals surface area contributed by atoms with E-state index in [0.717, 1.165) is 9.75 Å². The van der Waals surface area contributed by atoms with Crippen LogP contribution in [0.5, 0.6) is 0 Å². The number of aldehydes is 1. The number of thiophene rings is 1. The van der Waals surface area contributed by atoms with Gasteiger partial charge < -0.3 is 9.90 Å². The fourth-order valence-corrected chi connectivity index (χ4v) is 2.23. The van der Waals surface area contributed by atoms with E-state index in [1.165, 1.54) is 11.3 Å². The molecular formula is C11H12BNO4S. The second-order valence-electron chi connectivity index (χ2n) is 3.75. The van der Waals surface area contributed by atoms with E-state index in [1.54, 1.807) is 6.07 Å².